The van der Waals surface area contributed by atoms with Gasteiger partial charge in [0, 0.05) is 29.2 Å². The van der Waals surface area contributed by atoms with Gasteiger partial charge in [-0.3, -0.25) is 4.79 Å². The molecule has 0 amide bonds. The zero-order valence-corrected chi connectivity index (χ0v) is 14.6. The van der Waals surface area contributed by atoms with Gasteiger partial charge in [-0.05, 0) is 13.8 Å². The zero-order chi connectivity index (χ0) is 19.4. The van der Waals surface area contributed by atoms with Gasteiger partial charge in [0.1, 0.15) is 24.1 Å². The minimum Gasteiger partial charge on any atom is -0.479 e. The number of carbonyl (C=O) groups excluding carboxylic acids is 3. The maximum absolute atomic E-state index is 12.4. The van der Waals surface area contributed by atoms with E-state index < -0.39 is 41.8 Å². The number of rotatable bonds is 2. The minimum absolute atomic E-state index is 0.0400. The second-order valence-corrected chi connectivity index (χ2v) is 7.02. The van der Waals surface area contributed by atoms with Crippen LogP contribution in [0.3, 0.4) is 0 Å². The Balaban J connectivity index is 2.08. The maximum atomic E-state index is 12.4. The molecule has 7 nitrogen and oxygen atoms in total. The van der Waals surface area contributed by atoms with Crippen molar-refractivity contribution >= 4 is 17.7 Å². The van der Waals surface area contributed by atoms with E-state index in [-0.39, 0.29) is 34.7 Å². The molecule has 138 valence electrons. The maximum Gasteiger partial charge on any atom is 0.334 e. The molecule has 0 radical (unpaired) electrons. The van der Waals surface area contributed by atoms with Crippen molar-refractivity contribution in [3.63, 3.8) is 0 Å². The second kappa shape index (κ2) is 5.95. The molecule has 2 fully saturated rings. The molecular weight excluding hydrogens is 340 g/mol. The van der Waals surface area contributed by atoms with Crippen LogP contribution in [0, 0.1) is 5.92 Å². The first-order chi connectivity index (χ1) is 12.0. The molecule has 0 aliphatic carbocycles. The van der Waals surface area contributed by atoms with E-state index in [0.717, 1.165) is 0 Å². The molecule has 0 spiro atoms. The summed E-state index contributed by atoms with van der Waals surface area (Å²) < 4.78 is 16.5. The lowest BCUT2D eigenvalue weighted by molar-refractivity contribution is -0.155. The highest BCUT2D eigenvalue weighted by Gasteiger charge is 2.55. The van der Waals surface area contributed by atoms with Crippen LogP contribution in [-0.2, 0) is 28.6 Å². The first kappa shape index (κ1) is 18.1. The molecule has 2 saturated heterocycles. The van der Waals surface area contributed by atoms with Crippen LogP contribution < -0.4 is 0 Å². The van der Waals surface area contributed by atoms with Crippen LogP contribution in [0.1, 0.15) is 20.3 Å². The molecule has 2 bridgehead atoms. The van der Waals surface area contributed by atoms with Gasteiger partial charge in [0.15, 0.2) is 5.60 Å². The fourth-order valence-corrected chi connectivity index (χ4v) is 3.41. The number of aliphatic hydroxyl groups is 1. The molecule has 3 rings (SSSR count). The third-order valence-corrected chi connectivity index (χ3v) is 4.96. The number of esters is 2. The molecule has 5 atom stereocenters. The van der Waals surface area contributed by atoms with Gasteiger partial charge in [-0.25, -0.2) is 9.59 Å². The number of aliphatic hydroxyl groups excluding tert-OH is 1. The Hall–Kier alpha value is -2.67. The molecule has 3 aliphatic rings. The van der Waals surface area contributed by atoms with Crippen molar-refractivity contribution in [1.82, 2.24) is 0 Å². The summed E-state index contributed by atoms with van der Waals surface area (Å²) >= 11 is 0. The highest BCUT2D eigenvalue weighted by molar-refractivity contribution is 6.00. The third-order valence-electron chi connectivity index (χ3n) is 4.96. The highest BCUT2D eigenvalue weighted by atomic mass is 16.6. The SMILES string of the molecule is C=C(C)C(=O)O[C@H]1C[C@@]2(C)OC(=CC2=O)C(=C)[C@@H](O)C2OC(=O)C(=C)C21. The molecule has 1 N–H and O–H groups in total. The van der Waals surface area contributed by atoms with Crippen LogP contribution in [0.2, 0.25) is 0 Å². The van der Waals surface area contributed by atoms with Crippen molar-refractivity contribution in [3.8, 4) is 0 Å². The highest BCUT2D eigenvalue weighted by Crippen LogP contribution is 2.44. The number of fused-ring (bicyclic) bond motifs is 3. The predicted molar refractivity (Wildman–Crippen MR) is 89.5 cm³/mol. The summed E-state index contributed by atoms with van der Waals surface area (Å²) in [5, 5.41) is 10.7. The van der Waals surface area contributed by atoms with Crippen LogP contribution >= 0.6 is 0 Å². The largest absolute Gasteiger partial charge is 0.479 e. The van der Waals surface area contributed by atoms with Crippen LogP contribution in [0.15, 0.2) is 48.3 Å². The fourth-order valence-electron chi connectivity index (χ4n) is 3.41. The van der Waals surface area contributed by atoms with Gasteiger partial charge in [-0.2, -0.15) is 0 Å². The Bertz CT molecular complexity index is 790. The monoisotopic (exact) mass is 360 g/mol. The summed E-state index contributed by atoms with van der Waals surface area (Å²) in [6.07, 6.45) is -2.16. The van der Waals surface area contributed by atoms with Crippen molar-refractivity contribution in [3.05, 3.63) is 48.3 Å². The molecule has 3 aliphatic heterocycles. The van der Waals surface area contributed by atoms with E-state index in [2.05, 4.69) is 19.7 Å². The van der Waals surface area contributed by atoms with Gasteiger partial charge in [0.2, 0.25) is 5.78 Å². The number of hydrogen-bond acceptors (Lipinski definition) is 7. The van der Waals surface area contributed by atoms with Crippen molar-refractivity contribution in [2.24, 2.45) is 5.92 Å². The van der Waals surface area contributed by atoms with E-state index in [1.165, 1.54) is 13.0 Å². The average Bonchev–Trinajstić information content (AvgIpc) is 3.02. The summed E-state index contributed by atoms with van der Waals surface area (Å²) in [4.78, 5) is 36.6. The summed E-state index contributed by atoms with van der Waals surface area (Å²) in [5.41, 5.74) is -0.987. The molecule has 3 heterocycles. The normalized spacial score (nSPS) is 36.2. The van der Waals surface area contributed by atoms with Gasteiger partial charge in [-0.15, -0.1) is 0 Å². The first-order valence-corrected chi connectivity index (χ1v) is 8.14. The Kier molecular flexibility index (Phi) is 4.15. The first-order valence-electron chi connectivity index (χ1n) is 8.14. The number of carbonyl (C=O) groups is 3. The smallest absolute Gasteiger partial charge is 0.334 e. The molecule has 0 aromatic rings. The van der Waals surface area contributed by atoms with Gasteiger partial charge in [-0.1, -0.05) is 19.7 Å². The van der Waals surface area contributed by atoms with Gasteiger partial charge in [0.25, 0.3) is 0 Å². The zero-order valence-electron chi connectivity index (χ0n) is 14.6. The summed E-state index contributed by atoms with van der Waals surface area (Å²) in [7, 11) is 0. The molecule has 0 aromatic heterocycles. The average molecular weight is 360 g/mol. The molecule has 2 unspecified atom stereocenters. The Labute approximate surface area is 150 Å². The third kappa shape index (κ3) is 2.68. The Morgan fingerprint density at radius 3 is 2.62 bits per heavy atom. The van der Waals surface area contributed by atoms with E-state index in [1.54, 1.807) is 6.92 Å². The quantitative estimate of drug-likeness (QED) is 0.582. The molecule has 7 heteroatoms. The fraction of sp³-hybridized carbons (Fsp3) is 0.421. The summed E-state index contributed by atoms with van der Waals surface area (Å²) in [5.74, 6) is -2.43. The van der Waals surface area contributed by atoms with E-state index in [0.29, 0.717) is 0 Å². The number of ketones is 1. The second-order valence-electron chi connectivity index (χ2n) is 7.02. The lowest BCUT2D eigenvalue weighted by Gasteiger charge is -2.32. The van der Waals surface area contributed by atoms with Crippen LogP contribution in [0.5, 0.6) is 0 Å². The van der Waals surface area contributed by atoms with Crippen molar-refractivity contribution in [2.45, 2.75) is 44.2 Å². The summed E-state index contributed by atoms with van der Waals surface area (Å²) in [6, 6.07) is 0. The van der Waals surface area contributed by atoms with Gasteiger partial charge < -0.3 is 19.3 Å². The summed E-state index contributed by atoms with van der Waals surface area (Å²) in [6.45, 7) is 14.1. The van der Waals surface area contributed by atoms with E-state index >= 15 is 0 Å². The number of ether oxygens (including phenoxy) is 3. The van der Waals surface area contributed by atoms with Crippen molar-refractivity contribution in [2.75, 3.05) is 0 Å². The van der Waals surface area contributed by atoms with E-state index in [1.807, 2.05) is 0 Å². The van der Waals surface area contributed by atoms with Crippen LogP contribution in [0.25, 0.3) is 0 Å². The number of hydrogen-bond donors (Lipinski definition) is 1. The molecular formula is C19H20O7. The topological polar surface area (TPSA) is 99.1 Å². The molecule has 0 saturated carbocycles. The molecule has 0 aromatic carbocycles. The molecule has 26 heavy (non-hydrogen) atoms. The standard InChI is InChI=1S/C19H20O7/c1-8(2)17(22)24-12-7-19(5)13(20)6-11(26-19)9(3)15(21)16-14(12)10(4)18(23)25-16/h6,12,14-16,21H,1,3-4,7H2,2,5H3/t12-,14?,15+,16?,19+/m0/s1. The van der Waals surface area contributed by atoms with Crippen molar-refractivity contribution in [1.29, 1.82) is 0 Å². The van der Waals surface area contributed by atoms with Crippen LogP contribution in [-0.4, -0.2) is 46.7 Å². The van der Waals surface area contributed by atoms with Gasteiger partial charge in [0.05, 0.1) is 5.92 Å². The Morgan fingerprint density at radius 1 is 1.35 bits per heavy atom. The van der Waals surface area contributed by atoms with E-state index in [4.69, 9.17) is 14.2 Å². The lowest BCUT2D eigenvalue weighted by atomic mass is 9.80. The minimum atomic E-state index is -1.34. The van der Waals surface area contributed by atoms with Crippen molar-refractivity contribution < 1.29 is 33.7 Å². The lowest BCUT2D eigenvalue weighted by Crippen LogP contribution is -2.45. The van der Waals surface area contributed by atoms with Crippen LogP contribution in [0.4, 0.5) is 0 Å². The van der Waals surface area contributed by atoms with E-state index in [9.17, 15) is 19.5 Å². The predicted octanol–water partition coefficient (Wildman–Crippen LogP) is 1.13. The van der Waals surface area contributed by atoms with Gasteiger partial charge >= 0.3 is 11.9 Å². The Morgan fingerprint density at radius 2 is 2.00 bits per heavy atom.